The standard InChI is InChI=1S/C15H24O2.C9H13N/c1-14(2,3)11-8-10(17-7)9-12(13(11)16)15(4,5)6;1-7-3-5-9(6-4-7)8(2)10/h8-9,16H,1-7H3;3-6,8H,10H2,1-2H3. The number of hydrogen-bond acceptors (Lipinski definition) is 3. The van der Waals surface area contributed by atoms with Gasteiger partial charge in [-0.2, -0.15) is 0 Å². The quantitative estimate of drug-likeness (QED) is 0.679. The summed E-state index contributed by atoms with van der Waals surface area (Å²) in [5.74, 6) is 1.20. The molecule has 2 rings (SSSR count). The molecule has 150 valence electrons. The second-order valence-electron chi connectivity index (χ2n) is 9.27. The number of methoxy groups -OCH3 is 1. The van der Waals surface area contributed by atoms with Crippen LogP contribution in [0.5, 0.6) is 11.5 Å². The molecule has 0 amide bonds. The molecule has 3 nitrogen and oxygen atoms in total. The number of aromatic hydroxyl groups is 1. The molecule has 1 unspecified atom stereocenters. The molecule has 0 aliphatic rings. The van der Waals surface area contributed by atoms with Crippen LogP contribution in [0.4, 0.5) is 0 Å². The molecule has 0 saturated carbocycles. The Balaban J connectivity index is 0.000000309. The number of hydrogen-bond donors (Lipinski definition) is 2. The maximum Gasteiger partial charge on any atom is 0.123 e. The molecule has 0 spiro atoms. The second-order valence-corrected chi connectivity index (χ2v) is 9.27. The van der Waals surface area contributed by atoms with Gasteiger partial charge in [0.1, 0.15) is 11.5 Å². The predicted octanol–water partition coefficient (Wildman–Crippen LogP) is 6.01. The van der Waals surface area contributed by atoms with Crippen molar-refractivity contribution in [2.24, 2.45) is 5.73 Å². The van der Waals surface area contributed by atoms with Crippen LogP contribution < -0.4 is 10.5 Å². The Morgan fingerprint density at radius 2 is 1.30 bits per heavy atom. The van der Waals surface area contributed by atoms with Gasteiger partial charge in [0, 0.05) is 17.2 Å². The van der Waals surface area contributed by atoms with Crippen LogP contribution in [0, 0.1) is 6.92 Å². The van der Waals surface area contributed by atoms with E-state index in [0.29, 0.717) is 5.75 Å². The number of phenols is 1. The SMILES string of the molecule is COc1cc(C(C)(C)C)c(O)c(C(C)(C)C)c1.Cc1ccc(C(C)N)cc1. The van der Waals surface area contributed by atoms with E-state index in [4.69, 9.17) is 10.5 Å². The largest absolute Gasteiger partial charge is 0.507 e. The number of benzene rings is 2. The first-order valence-electron chi connectivity index (χ1n) is 9.51. The molecular formula is C24H37NO2. The van der Waals surface area contributed by atoms with Crippen LogP contribution in [0.2, 0.25) is 0 Å². The monoisotopic (exact) mass is 371 g/mol. The first kappa shape index (κ1) is 23.0. The van der Waals surface area contributed by atoms with E-state index in [1.165, 1.54) is 11.1 Å². The molecule has 2 aromatic rings. The Kier molecular flexibility index (Phi) is 7.50. The number of nitrogens with two attached hydrogens (primary N) is 1. The normalized spacial score (nSPS) is 12.8. The third kappa shape index (κ3) is 6.59. The van der Waals surface area contributed by atoms with Crippen molar-refractivity contribution in [2.75, 3.05) is 7.11 Å². The van der Waals surface area contributed by atoms with E-state index in [1.54, 1.807) is 7.11 Å². The van der Waals surface area contributed by atoms with Crippen LogP contribution >= 0.6 is 0 Å². The summed E-state index contributed by atoms with van der Waals surface area (Å²) >= 11 is 0. The van der Waals surface area contributed by atoms with Gasteiger partial charge in [-0.1, -0.05) is 71.4 Å². The van der Waals surface area contributed by atoms with Gasteiger partial charge < -0.3 is 15.6 Å². The second kappa shape index (κ2) is 8.79. The summed E-state index contributed by atoms with van der Waals surface area (Å²) in [5, 5.41) is 10.4. The first-order valence-corrected chi connectivity index (χ1v) is 9.51. The van der Waals surface area contributed by atoms with Crippen LogP contribution in [0.25, 0.3) is 0 Å². The molecule has 0 radical (unpaired) electrons. The zero-order valence-corrected chi connectivity index (χ0v) is 18.5. The zero-order valence-electron chi connectivity index (χ0n) is 18.5. The number of ether oxygens (including phenoxy) is 1. The van der Waals surface area contributed by atoms with E-state index >= 15 is 0 Å². The summed E-state index contributed by atoms with van der Waals surface area (Å²) < 4.78 is 5.33. The van der Waals surface area contributed by atoms with E-state index in [0.717, 1.165) is 16.9 Å². The smallest absolute Gasteiger partial charge is 0.123 e. The minimum atomic E-state index is -0.0986. The molecule has 0 fully saturated rings. The molecule has 3 N–H and O–H groups in total. The van der Waals surface area contributed by atoms with Crippen LogP contribution in [-0.2, 0) is 10.8 Å². The number of aryl methyl sites for hydroxylation is 1. The topological polar surface area (TPSA) is 55.5 Å². The van der Waals surface area contributed by atoms with Gasteiger partial charge in [0.25, 0.3) is 0 Å². The van der Waals surface area contributed by atoms with Gasteiger partial charge in [-0.25, -0.2) is 0 Å². The third-order valence-electron chi connectivity index (χ3n) is 4.54. The molecule has 1 atom stereocenters. The highest BCUT2D eigenvalue weighted by atomic mass is 16.5. The van der Waals surface area contributed by atoms with E-state index in [9.17, 15) is 5.11 Å². The molecule has 27 heavy (non-hydrogen) atoms. The summed E-state index contributed by atoms with van der Waals surface area (Å²) in [6.45, 7) is 16.6. The molecule has 0 aromatic heterocycles. The Bertz CT molecular complexity index is 697. The van der Waals surface area contributed by atoms with Crippen molar-refractivity contribution in [1.29, 1.82) is 0 Å². The van der Waals surface area contributed by atoms with Gasteiger partial charge in [-0.3, -0.25) is 0 Å². The van der Waals surface area contributed by atoms with Crippen LogP contribution in [0.3, 0.4) is 0 Å². The van der Waals surface area contributed by atoms with Gasteiger partial charge in [-0.05, 0) is 42.4 Å². The minimum Gasteiger partial charge on any atom is -0.507 e. The van der Waals surface area contributed by atoms with E-state index in [-0.39, 0.29) is 16.9 Å². The molecule has 0 bridgehead atoms. The highest BCUT2D eigenvalue weighted by molar-refractivity contribution is 5.51. The van der Waals surface area contributed by atoms with Gasteiger partial charge >= 0.3 is 0 Å². The van der Waals surface area contributed by atoms with Crippen molar-refractivity contribution in [3.8, 4) is 11.5 Å². The average Bonchev–Trinajstić information content (AvgIpc) is 2.54. The Hall–Kier alpha value is -2.00. The van der Waals surface area contributed by atoms with Gasteiger partial charge in [0.05, 0.1) is 7.11 Å². The Morgan fingerprint density at radius 1 is 0.889 bits per heavy atom. The van der Waals surface area contributed by atoms with Gasteiger partial charge in [0.15, 0.2) is 0 Å². The lowest BCUT2D eigenvalue weighted by Gasteiger charge is -2.27. The van der Waals surface area contributed by atoms with Crippen molar-refractivity contribution in [2.45, 2.75) is 72.3 Å². The van der Waals surface area contributed by atoms with Crippen molar-refractivity contribution < 1.29 is 9.84 Å². The van der Waals surface area contributed by atoms with Crippen LogP contribution in [0.15, 0.2) is 36.4 Å². The summed E-state index contributed by atoms with van der Waals surface area (Å²) in [5.41, 5.74) is 9.81. The Morgan fingerprint density at radius 3 is 1.59 bits per heavy atom. The highest BCUT2D eigenvalue weighted by Crippen LogP contribution is 2.41. The fraction of sp³-hybridized carbons (Fsp3) is 0.500. The maximum atomic E-state index is 10.4. The van der Waals surface area contributed by atoms with Crippen molar-refractivity contribution >= 4 is 0 Å². The molecular weight excluding hydrogens is 334 g/mol. The lowest BCUT2D eigenvalue weighted by Crippen LogP contribution is -2.17. The van der Waals surface area contributed by atoms with E-state index in [1.807, 2.05) is 19.1 Å². The lowest BCUT2D eigenvalue weighted by molar-refractivity contribution is 0.395. The van der Waals surface area contributed by atoms with Crippen molar-refractivity contribution in [3.05, 3.63) is 58.7 Å². The molecule has 0 aliphatic heterocycles. The molecule has 0 saturated heterocycles. The summed E-state index contributed by atoms with van der Waals surface area (Å²) in [6.07, 6.45) is 0. The van der Waals surface area contributed by atoms with Crippen LogP contribution in [-0.4, -0.2) is 12.2 Å². The van der Waals surface area contributed by atoms with Gasteiger partial charge in [0.2, 0.25) is 0 Å². The zero-order chi connectivity index (χ0) is 21.0. The maximum absolute atomic E-state index is 10.4. The van der Waals surface area contributed by atoms with Crippen molar-refractivity contribution in [1.82, 2.24) is 0 Å². The fourth-order valence-corrected chi connectivity index (χ4v) is 2.74. The summed E-state index contributed by atoms with van der Waals surface area (Å²) in [7, 11) is 1.66. The molecule has 0 aliphatic carbocycles. The number of phenolic OH excluding ortho intramolecular Hbond substituents is 1. The first-order chi connectivity index (χ1) is 12.3. The van der Waals surface area contributed by atoms with E-state index < -0.39 is 0 Å². The molecule has 2 aromatic carbocycles. The molecule has 3 heteroatoms. The van der Waals surface area contributed by atoms with E-state index in [2.05, 4.69) is 72.7 Å². The van der Waals surface area contributed by atoms with Crippen molar-refractivity contribution in [3.63, 3.8) is 0 Å². The highest BCUT2D eigenvalue weighted by Gasteiger charge is 2.26. The minimum absolute atomic E-state index is 0.0986. The summed E-state index contributed by atoms with van der Waals surface area (Å²) in [4.78, 5) is 0. The molecule has 0 heterocycles. The fourth-order valence-electron chi connectivity index (χ4n) is 2.74. The Labute approximate surface area is 165 Å². The van der Waals surface area contributed by atoms with Crippen LogP contribution in [0.1, 0.15) is 76.8 Å². The lowest BCUT2D eigenvalue weighted by atomic mass is 9.79. The predicted molar refractivity (Wildman–Crippen MR) is 116 cm³/mol. The van der Waals surface area contributed by atoms with Gasteiger partial charge in [-0.15, -0.1) is 0 Å². The number of rotatable bonds is 2. The average molecular weight is 372 g/mol. The third-order valence-corrected chi connectivity index (χ3v) is 4.54. The summed E-state index contributed by atoms with van der Waals surface area (Å²) in [6, 6.07) is 12.3.